The maximum absolute atomic E-state index is 13.1. The van der Waals surface area contributed by atoms with Crippen molar-refractivity contribution in [2.45, 2.75) is 57.7 Å². The lowest BCUT2D eigenvalue weighted by atomic mass is 9.93. The number of anilines is 1. The van der Waals surface area contributed by atoms with Crippen LogP contribution in [0.15, 0.2) is 18.5 Å². The van der Waals surface area contributed by atoms with Crippen molar-refractivity contribution in [3.05, 3.63) is 24.3 Å². The van der Waals surface area contributed by atoms with Crippen molar-refractivity contribution in [3.63, 3.8) is 0 Å². The molecule has 1 saturated carbocycles. The van der Waals surface area contributed by atoms with E-state index in [9.17, 15) is 8.78 Å². The van der Waals surface area contributed by atoms with Crippen LogP contribution in [0.2, 0.25) is 0 Å². The van der Waals surface area contributed by atoms with Crippen LogP contribution in [0.5, 0.6) is 5.88 Å². The summed E-state index contributed by atoms with van der Waals surface area (Å²) >= 11 is 0. The van der Waals surface area contributed by atoms with E-state index in [2.05, 4.69) is 30.2 Å². The molecule has 0 unspecified atom stereocenters. The molecular formula is C23H27F2N7O2. The van der Waals surface area contributed by atoms with Crippen molar-refractivity contribution in [2.24, 2.45) is 0 Å². The van der Waals surface area contributed by atoms with Crippen LogP contribution in [-0.4, -0.2) is 62.3 Å². The lowest BCUT2D eigenvalue weighted by molar-refractivity contribution is 0.0681. The Morgan fingerprint density at radius 2 is 1.97 bits per heavy atom. The standard InChI is InChI=1S/C23H27F2N7O2/c1-12-28-20-17(32(12)11-18(24)25)8-13(9-26-20)16-10-27-21-19(16)22(34-3)31-23(30-21)29-14-4-6-15(33-2)7-5-14/h8-10,14-15,18H,4-7,11H2,1-3H3,(H2,27,29,30,31)/t14-,15+. The van der Waals surface area contributed by atoms with E-state index >= 15 is 0 Å². The molecule has 4 aromatic rings. The molecule has 1 aliphatic carbocycles. The van der Waals surface area contributed by atoms with Gasteiger partial charge in [-0.25, -0.2) is 18.7 Å². The smallest absolute Gasteiger partial charge is 0.256 e. The highest BCUT2D eigenvalue weighted by Gasteiger charge is 2.23. The summed E-state index contributed by atoms with van der Waals surface area (Å²) in [6, 6.07) is 2.08. The molecule has 34 heavy (non-hydrogen) atoms. The van der Waals surface area contributed by atoms with E-state index in [0.29, 0.717) is 46.0 Å². The summed E-state index contributed by atoms with van der Waals surface area (Å²) in [7, 11) is 3.32. The number of hydrogen-bond donors (Lipinski definition) is 2. The third-order valence-electron chi connectivity index (χ3n) is 6.46. The van der Waals surface area contributed by atoms with Crippen molar-refractivity contribution in [3.8, 4) is 17.0 Å². The number of H-pyrrole nitrogens is 1. The van der Waals surface area contributed by atoms with Gasteiger partial charge in [0.1, 0.15) is 11.5 Å². The van der Waals surface area contributed by atoms with E-state index in [1.807, 2.05) is 6.07 Å². The lowest BCUT2D eigenvalue weighted by Crippen LogP contribution is -2.29. The number of fused-ring (bicyclic) bond motifs is 2. The second-order valence-corrected chi connectivity index (χ2v) is 8.56. The molecule has 180 valence electrons. The quantitative estimate of drug-likeness (QED) is 0.414. The van der Waals surface area contributed by atoms with Crippen molar-refractivity contribution in [2.75, 3.05) is 19.5 Å². The predicted molar refractivity (Wildman–Crippen MR) is 124 cm³/mol. The van der Waals surface area contributed by atoms with Gasteiger partial charge < -0.3 is 24.3 Å². The highest BCUT2D eigenvalue weighted by Crippen LogP contribution is 2.35. The van der Waals surface area contributed by atoms with Crippen molar-refractivity contribution >= 4 is 28.1 Å². The van der Waals surface area contributed by atoms with Gasteiger partial charge >= 0.3 is 0 Å². The van der Waals surface area contributed by atoms with E-state index in [1.165, 1.54) is 4.57 Å². The minimum atomic E-state index is -2.49. The number of aromatic nitrogens is 6. The van der Waals surface area contributed by atoms with E-state index in [4.69, 9.17) is 9.47 Å². The van der Waals surface area contributed by atoms with Crippen LogP contribution in [0.25, 0.3) is 33.3 Å². The van der Waals surface area contributed by atoms with E-state index < -0.39 is 13.0 Å². The molecular weight excluding hydrogens is 444 g/mol. The zero-order chi connectivity index (χ0) is 23.8. The fourth-order valence-corrected chi connectivity index (χ4v) is 4.70. The SMILES string of the molecule is COc1nc(N[C@H]2CC[C@@H](OC)CC2)nc2[nH]cc(-c3cnc4nc(C)n(CC(F)F)c4c3)c12. The Morgan fingerprint density at radius 1 is 1.18 bits per heavy atom. The molecule has 0 saturated heterocycles. The highest BCUT2D eigenvalue weighted by molar-refractivity contribution is 5.98. The van der Waals surface area contributed by atoms with Gasteiger partial charge in [0.25, 0.3) is 6.43 Å². The first-order valence-electron chi connectivity index (χ1n) is 11.3. The number of methoxy groups -OCH3 is 2. The van der Waals surface area contributed by atoms with Gasteiger partial charge in [0, 0.05) is 36.7 Å². The lowest BCUT2D eigenvalue weighted by Gasteiger charge is -2.28. The number of ether oxygens (including phenoxy) is 2. The average molecular weight is 472 g/mol. The Morgan fingerprint density at radius 3 is 2.68 bits per heavy atom. The molecule has 1 fully saturated rings. The van der Waals surface area contributed by atoms with Gasteiger partial charge in [-0.1, -0.05) is 0 Å². The molecule has 9 nitrogen and oxygen atoms in total. The Kier molecular flexibility index (Phi) is 6.03. The molecule has 1 aliphatic rings. The number of hydrogen-bond acceptors (Lipinski definition) is 7. The summed E-state index contributed by atoms with van der Waals surface area (Å²) in [5, 5.41) is 4.12. The highest BCUT2D eigenvalue weighted by atomic mass is 19.3. The Bertz CT molecular complexity index is 1310. The second-order valence-electron chi connectivity index (χ2n) is 8.56. The first-order chi connectivity index (χ1) is 16.5. The van der Waals surface area contributed by atoms with Gasteiger partial charge in [-0.15, -0.1) is 0 Å². The summed E-state index contributed by atoms with van der Waals surface area (Å²) in [6.07, 6.45) is 5.26. The van der Waals surface area contributed by atoms with Gasteiger partial charge in [-0.2, -0.15) is 9.97 Å². The maximum atomic E-state index is 13.1. The number of aromatic amines is 1. The number of nitrogens with one attached hydrogen (secondary N) is 2. The third kappa shape index (κ3) is 4.15. The molecule has 0 spiro atoms. The van der Waals surface area contributed by atoms with Gasteiger partial charge in [0.15, 0.2) is 5.65 Å². The van der Waals surface area contributed by atoms with Gasteiger partial charge in [-0.3, -0.25) is 0 Å². The number of nitrogens with zero attached hydrogens (tertiary/aromatic N) is 5. The van der Waals surface area contributed by atoms with Crippen molar-refractivity contribution < 1.29 is 18.3 Å². The van der Waals surface area contributed by atoms with E-state index in [-0.39, 0.29) is 6.04 Å². The topological polar surface area (TPSA) is 103 Å². The van der Waals surface area contributed by atoms with Crippen LogP contribution in [0.4, 0.5) is 14.7 Å². The number of aryl methyl sites for hydroxylation is 1. The summed E-state index contributed by atoms with van der Waals surface area (Å²) < 4.78 is 38.8. The van der Waals surface area contributed by atoms with Crippen LogP contribution in [0, 0.1) is 6.92 Å². The molecule has 5 rings (SSSR count). The van der Waals surface area contributed by atoms with Crippen LogP contribution in [0.1, 0.15) is 31.5 Å². The minimum absolute atomic E-state index is 0.271. The molecule has 11 heteroatoms. The number of pyridine rings is 1. The number of halogens is 2. The molecule has 0 aliphatic heterocycles. The minimum Gasteiger partial charge on any atom is -0.480 e. The Hall–Kier alpha value is -3.34. The molecule has 4 aromatic heterocycles. The van der Waals surface area contributed by atoms with Gasteiger partial charge in [0.2, 0.25) is 11.8 Å². The number of imidazole rings is 1. The third-order valence-corrected chi connectivity index (χ3v) is 6.46. The fraction of sp³-hybridized carbons (Fsp3) is 0.478. The van der Waals surface area contributed by atoms with Gasteiger partial charge in [-0.05, 0) is 38.7 Å². The number of alkyl halides is 2. The molecule has 0 amide bonds. The van der Waals surface area contributed by atoms with Crippen molar-refractivity contribution in [1.82, 2.24) is 29.5 Å². The van der Waals surface area contributed by atoms with Crippen LogP contribution >= 0.6 is 0 Å². The zero-order valence-electron chi connectivity index (χ0n) is 19.3. The zero-order valence-corrected chi connectivity index (χ0v) is 19.3. The van der Waals surface area contributed by atoms with Crippen LogP contribution in [0.3, 0.4) is 0 Å². The molecule has 0 radical (unpaired) electrons. The molecule has 2 N–H and O–H groups in total. The summed E-state index contributed by atoms with van der Waals surface area (Å²) in [6.45, 7) is 1.26. The molecule has 0 aromatic carbocycles. The molecule has 0 bridgehead atoms. The Balaban J connectivity index is 1.49. The largest absolute Gasteiger partial charge is 0.480 e. The summed E-state index contributed by atoms with van der Waals surface area (Å²) in [5.74, 6) is 1.42. The van der Waals surface area contributed by atoms with Crippen molar-refractivity contribution in [1.29, 1.82) is 0 Å². The fourth-order valence-electron chi connectivity index (χ4n) is 4.70. The van der Waals surface area contributed by atoms with Crippen LogP contribution in [-0.2, 0) is 11.3 Å². The average Bonchev–Trinajstić information content (AvgIpc) is 3.39. The molecule has 4 heterocycles. The predicted octanol–water partition coefficient (Wildman–Crippen LogP) is 4.32. The van der Waals surface area contributed by atoms with E-state index in [0.717, 1.165) is 36.8 Å². The maximum Gasteiger partial charge on any atom is 0.256 e. The summed E-state index contributed by atoms with van der Waals surface area (Å²) in [5.41, 5.74) is 3.10. The van der Waals surface area contributed by atoms with Gasteiger partial charge in [0.05, 0.1) is 30.7 Å². The van der Waals surface area contributed by atoms with E-state index in [1.54, 1.807) is 33.5 Å². The first kappa shape index (κ1) is 22.5. The molecule has 0 atom stereocenters. The Labute approximate surface area is 194 Å². The second kappa shape index (κ2) is 9.13. The van der Waals surface area contributed by atoms with Crippen LogP contribution < -0.4 is 10.1 Å². The summed E-state index contributed by atoms with van der Waals surface area (Å²) in [4.78, 5) is 21.2. The number of rotatable bonds is 7. The first-order valence-corrected chi connectivity index (χ1v) is 11.3. The monoisotopic (exact) mass is 471 g/mol. The normalized spacial score (nSPS) is 18.8.